The zero-order valence-corrected chi connectivity index (χ0v) is 15.4. The molecule has 1 aliphatic rings. The lowest BCUT2D eigenvalue weighted by Gasteiger charge is -2.48. The van der Waals surface area contributed by atoms with E-state index >= 15 is 0 Å². The molecule has 2 nitrogen and oxygen atoms in total. The number of anilines is 1. The molecule has 0 unspecified atom stereocenters. The molecule has 1 aromatic rings. The molecule has 1 aromatic carbocycles. The monoisotopic (exact) mass is 302 g/mol. The fraction of sp³-hybridized carbons (Fsp3) is 0.700. The van der Waals surface area contributed by atoms with Crippen LogP contribution in [0.1, 0.15) is 76.5 Å². The normalized spacial score (nSPS) is 20.1. The summed E-state index contributed by atoms with van der Waals surface area (Å²) in [6.45, 7) is 17.1. The highest BCUT2D eigenvalue weighted by Crippen LogP contribution is 2.44. The minimum absolute atomic E-state index is 0.261. The lowest BCUT2D eigenvalue weighted by Crippen LogP contribution is -2.48. The van der Waals surface area contributed by atoms with Gasteiger partial charge >= 0.3 is 0 Å². The van der Waals surface area contributed by atoms with E-state index in [-0.39, 0.29) is 5.54 Å². The van der Waals surface area contributed by atoms with E-state index in [1.54, 1.807) is 5.56 Å². The third kappa shape index (κ3) is 3.48. The summed E-state index contributed by atoms with van der Waals surface area (Å²) >= 11 is 0. The average Bonchev–Trinajstić information content (AvgIpc) is 2.44. The second kappa shape index (κ2) is 7.04. The topological polar surface area (TPSA) is 15.3 Å². The first-order valence-corrected chi connectivity index (χ1v) is 9.02. The van der Waals surface area contributed by atoms with Gasteiger partial charge in [-0.15, -0.1) is 0 Å². The Kier molecular flexibility index (Phi) is 5.55. The molecular formula is C20H34N2. The minimum Gasteiger partial charge on any atom is -0.366 e. The van der Waals surface area contributed by atoms with Gasteiger partial charge in [0.2, 0.25) is 0 Å². The van der Waals surface area contributed by atoms with Crippen molar-refractivity contribution in [3.8, 4) is 0 Å². The van der Waals surface area contributed by atoms with E-state index in [9.17, 15) is 0 Å². The molecule has 1 atom stereocenters. The maximum Gasteiger partial charge on any atom is 0.0408 e. The number of nitrogens with zero attached hydrogens (tertiary/aromatic N) is 1. The molecule has 0 fully saturated rings. The summed E-state index contributed by atoms with van der Waals surface area (Å²) in [7, 11) is 0. The van der Waals surface area contributed by atoms with Crippen LogP contribution in [-0.2, 0) is 6.54 Å². The van der Waals surface area contributed by atoms with Crippen LogP contribution in [0.3, 0.4) is 0 Å². The third-order valence-electron chi connectivity index (χ3n) is 5.14. The predicted octanol–water partition coefficient (Wildman–Crippen LogP) is 5.00. The van der Waals surface area contributed by atoms with Crippen molar-refractivity contribution in [1.82, 2.24) is 5.32 Å². The summed E-state index contributed by atoms with van der Waals surface area (Å²) in [6.07, 6.45) is 3.78. The van der Waals surface area contributed by atoms with Gasteiger partial charge in [-0.25, -0.2) is 0 Å². The molecule has 0 aliphatic carbocycles. The van der Waals surface area contributed by atoms with Crippen LogP contribution < -0.4 is 10.2 Å². The van der Waals surface area contributed by atoms with Crippen molar-refractivity contribution in [3.63, 3.8) is 0 Å². The van der Waals surface area contributed by atoms with Gasteiger partial charge in [-0.3, -0.25) is 0 Å². The molecule has 0 radical (unpaired) electrons. The Morgan fingerprint density at radius 1 is 1.27 bits per heavy atom. The van der Waals surface area contributed by atoms with E-state index < -0.39 is 0 Å². The molecule has 0 amide bonds. The molecule has 0 saturated heterocycles. The highest BCUT2D eigenvalue weighted by molar-refractivity contribution is 5.62. The number of aryl methyl sites for hydroxylation is 1. The van der Waals surface area contributed by atoms with Gasteiger partial charge in [0.25, 0.3) is 0 Å². The molecule has 22 heavy (non-hydrogen) atoms. The van der Waals surface area contributed by atoms with Crippen LogP contribution in [-0.4, -0.2) is 18.6 Å². The van der Waals surface area contributed by atoms with Gasteiger partial charge in [0.15, 0.2) is 0 Å². The fourth-order valence-corrected chi connectivity index (χ4v) is 3.87. The number of hydrogen-bond acceptors (Lipinski definition) is 2. The predicted molar refractivity (Wildman–Crippen MR) is 97.9 cm³/mol. The zero-order valence-electron chi connectivity index (χ0n) is 15.4. The van der Waals surface area contributed by atoms with Crippen LogP contribution in [0.4, 0.5) is 5.69 Å². The molecule has 0 spiro atoms. The average molecular weight is 303 g/mol. The molecule has 1 N–H and O–H groups in total. The molecule has 2 heteroatoms. The number of fused-ring (bicyclic) bond motifs is 1. The van der Waals surface area contributed by atoms with E-state index in [2.05, 4.69) is 63.9 Å². The quantitative estimate of drug-likeness (QED) is 0.795. The van der Waals surface area contributed by atoms with E-state index in [0.29, 0.717) is 5.92 Å². The smallest absolute Gasteiger partial charge is 0.0408 e. The lowest BCUT2D eigenvalue weighted by atomic mass is 9.79. The van der Waals surface area contributed by atoms with Gasteiger partial charge in [0, 0.05) is 24.3 Å². The second-order valence-corrected chi connectivity index (χ2v) is 7.54. The first-order chi connectivity index (χ1) is 10.4. The Labute approximate surface area is 137 Å². The van der Waals surface area contributed by atoms with Gasteiger partial charge in [-0.2, -0.15) is 0 Å². The summed E-state index contributed by atoms with van der Waals surface area (Å²) in [4.78, 5) is 2.66. The van der Waals surface area contributed by atoms with Gasteiger partial charge in [-0.1, -0.05) is 33.3 Å². The van der Waals surface area contributed by atoms with E-state index in [4.69, 9.17) is 0 Å². The van der Waals surface area contributed by atoms with Gasteiger partial charge in [-0.05, 0) is 68.8 Å². The number of unbranched alkanes of at least 4 members (excludes halogenated alkanes) is 1. The van der Waals surface area contributed by atoms with Crippen molar-refractivity contribution in [1.29, 1.82) is 0 Å². The molecule has 1 aliphatic heterocycles. The van der Waals surface area contributed by atoms with E-state index in [0.717, 1.165) is 13.1 Å². The van der Waals surface area contributed by atoms with Gasteiger partial charge in [0.1, 0.15) is 0 Å². The first kappa shape index (κ1) is 17.3. The van der Waals surface area contributed by atoms with Crippen molar-refractivity contribution in [2.24, 2.45) is 0 Å². The van der Waals surface area contributed by atoms with Crippen LogP contribution in [0.15, 0.2) is 12.1 Å². The molecule has 2 rings (SSSR count). The van der Waals surface area contributed by atoms with Crippen LogP contribution in [0.2, 0.25) is 0 Å². The Morgan fingerprint density at radius 2 is 2.00 bits per heavy atom. The van der Waals surface area contributed by atoms with Crippen molar-refractivity contribution >= 4 is 5.69 Å². The minimum atomic E-state index is 0.261. The Hall–Kier alpha value is -1.02. The lowest BCUT2D eigenvalue weighted by molar-refractivity contribution is 0.373. The largest absolute Gasteiger partial charge is 0.366 e. The first-order valence-electron chi connectivity index (χ1n) is 9.02. The summed E-state index contributed by atoms with van der Waals surface area (Å²) in [5.41, 5.74) is 6.18. The van der Waals surface area contributed by atoms with Gasteiger partial charge < -0.3 is 10.2 Å². The SMILES string of the molecule is CCCCN1c2cc(C)c(CNCC)cc2[C@H](C)CC1(C)C. The van der Waals surface area contributed by atoms with E-state index in [1.165, 1.54) is 42.6 Å². The molecular weight excluding hydrogens is 268 g/mol. The number of rotatable bonds is 6. The summed E-state index contributed by atoms with van der Waals surface area (Å²) in [5.74, 6) is 0.642. The maximum absolute atomic E-state index is 3.48. The number of hydrogen-bond donors (Lipinski definition) is 1. The number of nitrogens with one attached hydrogen (secondary N) is 1. The highest BCUT2D eigenvalue weighted by atomic mass is 15.2. The summed E-state index contributed by atoms with van der Waals surface area (Å²) in [6, 6.07) is 4.90. The van der Waals surface area contributed by atoms with Crippen molar-refractivity contribution in [3.05, 3.63) is 28.8 Å². The molecule has 0 aromatic heterocycles. The van der Waals surface area contributed by atoms with Crippen molar-refractivity contribution in [2.75, 3.05) is 18.0 Å². The standard InChI is InChI=1S/C20H34N2/c1-7-9-10-22-19-11-15(3)17(14-21-8-2)12-18(19)16(4)13-20(22,5)6/h11-12,16,21H,7-10,13-14H2,1-6H3/t16-/m1/s1. The van der Waals surface area contributed by atoms with E-state index in [1.807, 2.05) is 0 Å². The van der Waals surface area contributed by atoms with Crippen LogP contribution in [0.5, 0.6) is 0 Å². The van der Waals surface area contributed by atoms with Crippen LogP contribution >= 0.6 is 0 Å². The van der Waals surface area contributed by atoms with Crippen molar-refractivity contribution < 1.29 is 0 Å². The maximum atomic E-state index is 3.48. The van der Waals surface area contributed by atoms with Gasteiger partial charge in [0.05, 0.1) is 0 Å². The highest BCUT2D eigenvalue weighted by Gasteiger charge is 2.36. The molecule has 0 bridgehead atoms. The van der Waals surface area contributed by atoms with Crippen LogP contribution in [0, 0.1) is 6.92 Å². The van der Waals surface area contributed by atoms with Crippen LogP contribution in [0.25, 0.3) is 0 Å². The third-order valence-corrected chi connectivity index (χ3v) is 5.14. The second-order valence-electron chi connectivity index (χ2n) is 7.54. The Bertz CT molecular complexity index is 505. The molecule has 0 saturated carbocycles. The van der Waals surface area contributed by atoms with Crippen molar-refractivity contribution in [2.45, 2.75) is 78.8 Å². The zero-order chi connectivity index (χ0) is 16.3. The summed E-state index contributed by atoms with van der Waals surface area (Å²) in [5, 5.41) is 3.48. The summed E-state index contributed by atoms with van der Waals surface area (Å²) < 4.78 is 0. The Balaban J connectivity index is 2.41. The fourth-order valence-electron chi connectivity index (χ4n) is 3.87. The Morgan fingerprint density at radius 3 is 2.64 bits per heavy atom. The number of benzene rings is 1. The molecule has 124 valence electrons. The molecule has 1 heterocycles.